The first kappa shape index (κ1) is 19.3. The van der Waals surface area contributed by atoms with Crippen molar-refractivity contribution in [3.8, 4) is 0 Å². The fourth-order valence-corrected chi connectivity index (χ4v) is 7.31. The quantitative estimate of drug-likeness (QED) is 0.591. The van der Waals surface area contributed by atoms with E-state index in [1.165, 1.54) is 0 Å². The van der Waals surface area contributed by atoms with E-state index in [0.29, 0.717) is 48.7 Å². The maximum absolute atomic E-state index is 12.5. The van der Waals surface area contributed by atoms with E-state index >= 15 is 0 Å². The van der Waals surface area contributed by atoms with Crippen molar-refractivity contribution in [1.29, 1.82) is 0 Å². The Labute approximate surface area is 158 Å². The molecule has 6 heteroatoms. The summed E-state index contributed by atoms with van der Waals surface area (Å²) in [6, 6.07) is 0. The summed E-state index contributed by atoms with van der Waals surface area (Å²) >= 11 is 0. The van der Waals surface area contributed by atoms with Gasteiger partial charge in [-0.25, -0.2) is 4.79 Å². The van der Waals surface area contributed by atoms with Gasteiger partial charge in [0.1, 0.15) is 11.9 Å². The molecule has 0 heterocycles. The second kappa shape index (κ2) is 6.21. The second-order valence-corrected chi connectivity index (χ2v) is 9.87. The summed E-state index contributed by atoms with van der Waals surface area (Å²) in [5, 5.41) is 0. The van der Waals surface area contributed by atoms with Gasteiger partial charge in [-0.2, -0.15) is 13.2 Å². The molecule has 152 valence electrons. The van der Waals surface area contributed by atoms with Crippen LogP contribution in [-0.4, -0.2) is 24.0 Å². The number of fused-ring (bicyclic) bond motifs is 5. The van der Waals surface area contributed by atoms with Gasteiger partial charge >= 0.3 is 12.1 Å². The Morgan fingerprint density at radius 1 is 1.04 bits per heavy atom. The summed E-state index contributed by atoms with van der Waals surface area (Å²) in [7, 11) is 0. The van der Waals surface area contributed by atoms with Crippen molar-refractivity contribution in [1.82, 2.24) is 0 Å². The first-order chi connectivity index (χ1) is 12.6. The largest absolute Gasteiger partial charge is 0.490 e. The van der Waals surface area contributed by atoms with Gasteiger partial charge in [-0.1, -0.05) is 13.8 Å². The first-order valence-electron chi connectivity index (χ1n) is 10.4. The zero-order chi connectivity index (χ0) is 19.6. The number of ether oxygens (including phenoxy) is 1. The number of esters is 1. The van der Waals surface area contributed by atoms with Crippen molar-refractivity contribution >= 4 is 11.8 Å². The average Bonchev–Trinajstić information content (AvgIpc) is 2.89. The molecule has 0 N–H and O–H groups in total. The Morgan fingerprint density at radius 3 is 2.48 bits per heavy atom. The fraction of sp³-hybridized carbons (Fsp3) is 0.905. The minimum Gasteiger partial charge on any atom is -0.456 e. The van der Waals surface area contributed by atoms with Crippen LogP contribution in [0.2, 0.25) is 0 Å². The molecule has 0 spiro atoms. The zero-order valence-corrected chi connectivity index (χ0v) is 16.1. The lowest BCUT2D eigenvalue weighted by molar-refractivity contribution is -0.210. The molecule has 0 radical (unpaired) electrons. The SMILES string of the molecule is CC12CCC3C(CCC4CC(OC(=O)C(F)(F)F)CCC43C)C1CCC2=O. The number of halogens is 3. The van der Waals surface area contributed by atoms with Gasteiger partial charge in [0.05, 0.1) is 0 Å². The molecule has 0 aromatic carbocycles. The summed E-state index contributed by atoms with van der Waals surface area (Å²) in [5.74, 6) is 0.260. The monoisotopic (exact) mass is 386 g/mol. The van der Waals surface area contributed by atoms with E-state index in [2.05, 4.69) is 13.8 Å². The van der Waals surface area contributed by atoms with Gasteiger partial charge in [0.2, 0.25) is 0 Å². The van der Waals surface area contributed by atoms with Crippen molar-refractivity contribution < 1.29 is 27.5 Å². The van der Waals surface area contributed by atoms with Crippen LogP contribution in [0.4, 0.5) is 13.2 Å². The molecule has 4 saturated carbocycles. The number of ketones is 1. The third-order valence-corrected chi connectivity index (χ3v) is 8.83. The Morgan fingerprint density at radius 2 is 1.78 bits per heavy atom. The standard InChI is InChI=1S/C21H29F3O3/c1-19-9-7-13(27-18(26)21(22,23)24)11-12(19)3-4-14-15-5-6-17(25)20(15,2)10-8-16(14)19/h12-16H,3-11H2,1-2H3. The van der Waals surface area contributed by atoms with Crippen LogP contribution >= 0.6 is 0 Å². The Kier molecular flexibility index (Phi) is 4.43. The fourth-order valence-electron chi connectivity index (χ4n) is 7.31. The number of hydrogen-bond acceptors (Lipinski definition) is 3. The molecular weight excluding hydrogens is 357 g/mol. The zero-order valence-electron chi connectivity index (χ0n) is 16.1. The van der Waals surface area contributed by atoms with E-state index in [9.17, 15) is 22.8 Å². The van der Waals surface area contributed by atoms with Crippen molar-refractivity contribution in [2.75, 3.05) is 0 Å². The molecule has 0 saturated heterocycles. The number of rotatable bonds is 1. The minimum atomic E-state index is -4.92. The highest BCUT2D eigenvalue weighted by molar-refractivity contribution is 5.87. The van der Waals surface area contributed by atoms with Crippen LogP contribution in [-0.2, 0) is 14.3 Å². The molecule has 0 aliphatic heterocycles. The molecule has 0 amide bonds. The molecule has 27 heavy (non-hydrogen) atoms. The van der Waals surface area contributed by atoms with Gasteiger partial charge in [-0.3, -0.25) is 4.79 Å². The predicted octanol–water partition coefficient (Wildman–Crippen LogP) is 5.07. The van der Waals surface area contributed by atoms with Crippen molar-refractivity contribution in [3.05, 3.63) is 0 Å². The van der Waals surface area contributed by atoms with Crippen molar-refractivity contribution in [2.24, 2.45) is 34.5 Å². The second-order valence-electron chi connectivity index (χ2n) is 9.87. The molecule has 4 rings (SSSR count). The Hall–Kier alpha value is -1.07. The third-order valence-electron chi connectivity index (χ3n) is 8.83. The van der Waals surface area contributed by atoms with Gasteiger partial charge in [0.15, 0.2) is 0 Å². The number of alkyl halides is 3. The normalized spacial score (nSPS) is 47.0. The molecule has 4 aliphatic carbocycles. The highest BCUT2D eigenvalue weighted by atomic mass is 19.4. The van der Waals surface area contributed by atoms with E-state index in [0.717, 1.165) is 38.5 Å². The molecule has 4 fully saturated rings. The molecule has 4 aliphatic rings. The van der Waals surface area contributed by atoms with Crippen LogP contribution < -0.4 is 0 Å². The van der Waals surface area contributed by atoms with Crippen LogP contribution in [0.15, 0.2) is 0 Å². The van der Waals surface area contributed by atoms with E-state index in [1.807, 2.05) is 0 Å². The lowest BCUT2D eigenvalue weighted by atomic mass is 9.45. The highest BCUT2D eigenvalue weighted by Crippen LogP contribution is 2.65. The van der Waals surface area contributed by atoms with Gasteiger partial charge < -0.3 is 4.74 Å². The lowest BCUT2D eigenvalue weighted by Crippen LogP contribution is -2.54. The van der Waals surface area contributed by atoms with Gasteiger partial charge in [0.25, 0.3) is 0 Å². The van der Waals surface area contributed by atoms with Crippen molar-refractivity contribution in [2.45, 2.75) is 83.9 Å². The molecule has 0 aromatic rings. The lowest BCUT2D eigenvalue weighted by Gasteiger charge is -2.60. The molecule has 7 atom stereocenters. The minimum absolute atomic E-state index is 0.0943. The number of carbonyl (C=O) groups excluding carboxylic acids is 2. The smallest absolute Gasteiger partial charge is 0.456 e. The van der Waals surface area contributed by atoms with Crippen LogP contribution in [0, 0.1) is 34.5 Å². The van der Waals surface area contributed by atoms with Crippen LogP contribution in [0.1, 0.15) is 71.6 Å². The molecule has 0 aromatic heterocycles. The van der Waals surface area contributed by atoms with Gasteiger partial charge in [-0.05, 0) is 80.5 Å². The maximum Gasteiger partial charge on any atom is 0.490 e. The number of hydrogen-bond donors (Lipinski definition) is 0. The van der Waals surface area contributed by atoms with Crippen LogP contribution in [0.25, 0.3) is 0 Å². The van der Waals surface area contributed by atoms with E-state index in [1.54, 1.807) is 0 Å². The van der Waals surface area contributed by atoms with Gasteiger partial charge in [-0.15, -0.1) is 0 Å². The molecule has 3 nitrogen and oxygen atoms in total. The third kappa shape index (κ3) is 2.93. The van der Waals surface area contributed by atoms with E-state index in [-0.39, 0.29) is 10.8 Å². The van der Waals surface area contributed by atoms with Crippen molar-refractivity contribution in [3.63, 3.8) is 0 Å². The first-order valence-corrected chi connectivity index (χ1v) is 10.4. The summed E-state index contributed by atoms with van der Waals surface area (Å²) in [6.45, 7) is 4.46. The number of carbonyl (C=O) groups is 2. The van der Waals surface area contributed by atoms with E-state index in [4.69, 9.17) is 4.74 Å². The summed E-state index contributed by atoms with van der Waals surface area (Å²) < 4.78 is 42.3. The Balaban J connectivity index is 1.48. The summed E-state index contributed by atoms with van der Waals surface area (Å²) in [4.78, 5) is 23.7. The van der Waals surface area contributed by atoms with Gasteiger partial charge in [0, 0.05) is 11.8 Å². The summed E-state index contributed by atoms with van der Waals surface area (Å²) in [6.07, 6.45) is 2.07. The number of Topliss-reactive ketones (excluding diaryl/α,β-unsaturated/α-hetero) is 1. The highest BCUT2D eigenvalue weighted by Gasteiger charge is 2.60. The maximum atomic E-state index is 12.5. The van der Waals surface area contributed by atoms with Crippen LogP contribution in [0.5, 0.6) is 0 Å². The van der Waals surface area contributed by atoms with E-state index < -0.39 is 18.2 Å². The predicted molar refractivity (Wildman–Crippen MR) is 92.7 cm³/mol. The molecular formula is C21H29F3O3. The topological polar surface area (TPSA) is 43.4 Å². The Bertz CT molecular complexity index is 645. The average molecular weight is 386 g/mol. The van der Waals surface area contributed by atoms with Crippen LogP contribution in [0.3, 0.4) is 0 Å². The molecule has 7 unspecified atom stereocenters. The summed E-state index contributed by atoms with van der Waals surface area (Å²) in [5.41, 5.74) is -0.0547. The molecule has 0 bridgehead atoms.